The third kappa shape index (κ3) is 19.9. The van der Waals surface area contributed by atoms with Crippen molar-refractivity contribution in [3.05, 3.63) is 42.0 Å². The molecule has 0 unspecified atom stereocenters. The van der Waals surface area contributed by atoms with Crippen LogP contribution in [0, 0.1) is 0 Å². The number of rotatable bonds is 26. The third-order valence-corrected chi connectivity index (χ3v) is 8.05. The Labute approximate surface area is 298 Å². The maximum atomic E-state index is 12.4. The monoisotopic (exact) mass is 672 g/mol. The van der Waals surface area contributed by atoms with Crippen molar-refractivity contribution in [1.82, 2.24) is 0 Å². The first-order valence-electron chi connectivity index (χ1n) is 16.8. The quantitative estimate of drug-likeness (QED) is 0.0447. The maximum absolute atomic E-state index is 12.4. The van der Waals surface area contributed by atoms with E-state index in [0.717, 1.165) is 44.1 Å². The van der Waals surface area contributed by atoms with Crippen molar-refractivity contribution in [3.63, 3.8) is 0 Å². The molecule has 0 fully saturated rings. The number of carbonyl (C=O) groups is 2. The van der Waals surface area contributed by atoms with Crippen LogP contribution < -0.4 is 33.7 Å². The average Bonchev–Trinajstić information content (AvgIpc) is 3.00. The Hall–Kier alpha value is -1.69. The molecule has 2 rings (SSSR count). The van der Waals surface area contributed by atoms with Gasteiger partial charge < -0.3 is 22.9 Å². The van der Waals surface area contributed by atoms with Crippen LogP contribution in [0.5, 0.6) is 5.75 Å². The zero-order valence-corrected chi connectivity index (χ0v) is 31.1. The maximum Gasteiger partial charge on any atom is 1.00 e. The van der Waals surface area contributed by atoms with E-state index in [2.05, 4.69) is 18.0 Å². The Balaban J connectivity index is 0.0000106. The van der Waals surface area contributed by atoms with Crippen LogP contribution >= 0.6 is 0 Å². The number of hydrogen-bond acceptors (Lipinski definition) is 9. The zero-order valence-electron chi connectivity index (χ0n) is 28.3. The van der Waals surface area contributed by atoms with Gasteiger partial charge in [-0.1, -0.05) is 121 Å². The van der Waals surface area contributed by atoms with E-state index in [1.165, 1.54) is 57.4 Å². The Kier molecular flexibility index (Phi) is 23.3. The number of unbranched alkanes of at least 4 members (excludes halogenated alkanes) is 12. The van der Waals surface area contributed by atoms with E-state index in [9.17, 15) is 22.6 Å². The van der Waals surface area contributed by atoms with Crippen molar-refractivity contribution in [2.75, 3.05) is 19.8 Å². The van der Waals surface area contributed by atoms with E-state index in [4.69, 9.17) is 14.2 Å². The van der Waals surface area contributed by atoms with Crippen LogP contribution in [0.3, 0.4) is 0 Å². The Morgan fingerprint density at radius 1 is 0.739 bits per heavy atom. The SMILES string of the molecule is CCCCCCCCCC(=O)OCC(COC(=O)CCCCCCCCC)OCCc1ccc2c(OS(=O)(=O)[O-])cccc2c1.[Na+]. The molecule has 0 bridgehead atoms. The van der Waals surface area contributed by atoms with Gasteiger partial charge in [0.2, 0.25) is 0 Å². The molecule has 9 nitrogen and oxygen atoms in total. The minimum Gasteiger partial charge on any atom is -0.716 e. The summed E-state index contributed by atoms with van der Waals surface area (Å²) in [6, 6.07) is 10.2. The predicted octanol–water partition coefficient (Wildman–Crippen LogP) is 4.98. The van der Waals surface area contributed by atoms with E-state index >= 15 is 0 Å². The first-order chi connectivity index (χ1) is 21.7. The van der Waals surface area contributed by atoms with E-state index in [1.807, 2.05) is 6.07 Å². The number of ether oxygens (including phenoxy) is 3. The summed E-state index contributed by atoms with van der Waals surface area (Å²) in [4.78, 5) is 24.7. The molecule has 0 spiro atoms. The summed E-state index contributed by atoms with van der Waals surface area (Å²) in [5.41, 5.74) is 0.912. The molecule has 0 N–H and O–H groups in total. The van der Waals surface area contributed by atoms with Crippen molar-refractivity contribution in [1.29, 1.82) is 0 Å². The van der Waals surface area contributed by atoms with Crippen LogP contribution in [-0.2, 0) is 40.6 Å². The molecule has 2 aromatic rings. The molecule has 0 saturated heterocycles. The molecule has 0 saturated carbocycles. The molecule has 0 atom stereocenters. The second kappa shape index (κ2) is 25.3. The molecule has 0 radical (unpaired) electrons. The molecule has 0 aromatic heterocycles. The molecule has 46 heavy (non-hydrogen) atoms. The molecule has 0 heterocycles. The molecular formula is C35H53NaO9S. The van der Waals surface area contributed by atoms with E-state index < -0.39 is 16.5 Å². The van der Waals surface area contributed by atoms with Crippen LogP contribution in [0.1, 0.15) is 122 Å². The van der Waals surface area contributed by atoms with Crippen LogP contribution in [-0.4, -0.2) is 50.8 Å². The zero-order chi connectivity index (χ0) is 32.8. The van der Waals surface area contributed by atoms with Gasteiger partial charge in [0.1, 0.15) is 25.1 Å². The van der Waals surface area contributed by atoms with Gasteiger partial charge >= 0.3 is 41.5 Å². The second-order valence-corrected chi connectivity index (χ2v) is 12.6. The van der Waals surface area contributed by atoms with Gasteiger partial charge in [-0.15, -0.1) is 0 Å². The van der Waals surface area contributed by atoms with Gasteiger partial charge in [0, 0.05) is 18.2 Å². The normalized spacial score (nSPS) is 11.4. The van der Waals surface area contributed by atoms with Crippen LogP contribution in [0.25, 0.3) is 10.8 Å². The summed E-state index contributed by atoms with van der Waals surface area (Å²) in [5.74, 6) is -0.583. The largest absolute Gasteiger partial charge is 1.00 e. The summed E-state index contributed by atoms with van der Waals surface area (Å²) in [5, 5.41) is 1.21. The molecule has 0 aliphatic rings. The molecule has 254 valence electrons. The number of esters is 2. The van der Waals surface area contributed by atoms with Crippen LogP contribution in [0.15, 0.2) is 36.4 Å². The average molecular weight is 673 g/mol. The van der Waals surface area contributed by atoms with Crippen molar-refractivity contribution in [2.24, 2.45) is 0 Å². The second-order valence-electron chi connectivity index (χ2n) is 11.7. The minimum atomic E-state index is -4.89. The molecular weight excluding hydrogens is 619 g/mol. The van der Waals surface area contributed by atoms with Gasteiger partial charge in [0.05, 0.1) is 6.61 Å². The Morgan fingerprint density at radius 3 is 1.78 bits per heavy atom. The number of fused-ring (bicyclic) bond motifs is 1. The van der Waals surface area contributed by atoms with Crippen LogP contribution in [0.2, 0.25) is 0 Å². The summed E-state index contributed by atoms with van der Waals surface area (Å²) in [6.45, 7) is 4.67. The fraction of sp³-hybridized carbons (Fsp3) is 0.657. The third-order valence-electron chi connectivity index (χ3n) is 7.67. The molecule has 0 aliphatic carbocycles. The standard InChI is InChI=1S/C35H54O9S.Na/c1-3-5-7-9-11-13-15-20-34(36)42-27-31(28-43-35(37)21-16-14-12-10-8-6-4-2)41-25-24-29-22-23-32-30(26-29)18-17-19-33(32)44-45(38,39)40;/h17-19,22-23,26,31H,3-16,20-21,24-25,27-28H2,1-2H3,(H,38,39,40);/q;+1/p-1. The minimum absolute atomic E-state index is 0. The fourth-order valence-corrected chi connectivity index (χ4v) is 5.46. The summed E-state index contributed by atoms with van der Waals surface area (Å²) in [7, 11) is -4.89. The van der Waals surface area contributed by atoms with E-state index in [-0.39, 0.29) is 67.1 Å². The molecule has 2 aromatic carbocycles. The first-order valence-corrected chi connectivity index (χ1v) is 18.1. The van der Waals surface area contributed by atoms with Gasteiger partial charge in [-0.25, -0.2) is 8.42 Å². The summed E-state index contributed by atoms with van der Waals surface area (Å²) in [6.07, 6.45) is 16.2. The molecule has 0 aliphatic heterocycles. The number of benzene rings is 2. The van der Waals surface area contributed by atoms with Crippen molar-refractivity contribution >= 4 is 33.1 Å². The summed E-state index contributed by atoms with van der Waals surface area (Å²) >= 11 is 0. The van der Waals surface area contributed by atoms with Gasteiger partial charge in [-0.3, -0.25) is 9.59 Å². The van der Waals surface area contributed by atoms with Gasteiger partial charge in [0.15, 0.2) is 0 Å². The number of carbonyl (C=O) groups excluding carboxylic acids is 2. The first kappa shape index (κ1) is 42.3. The topological polar surface area (TPSA) is 128 Å². The van der Waals surface area contributed by atoms with Gasteiger partial charge in [0.25, 0.3) is 10.4 Å². The van der Waals surface area contributed by atoms with Gasteiger partial charge in [-0.2, -0.15) is 0 Å². The van der Waals surface area contributed by atoms with Crippen molar-refractivity contribution < 1.29 is 70.5 Å². The fourth-order valence-electron chi connectivity index (χ4n) is 5.10. The Morgan fingerprint density at radius 2 is 1.26 bits per heavy atom. The smallest absolute Gasteiger partial charge is 0.716 e. The summed E-state index contributed by atoms with van der Waals surface area (Å²) < 4.78 is 54.8. The van der Waals surface area contributed by atoms with Gasteiger partial charge in [-0.05, 0) is 36.3 Å². The van der Waals surface area contributed by atoms with Crippen molar-refractivity contribution in [2.45, 2.75) is 129 Å². The predicted molar refractivity (Wildman–Crippen MR) is 175 cm³/mol. The number of hydrogen-bond donors (Lipinski definition) is 0. The Bertz CT molecular complexity index is 1200. The van der Waals surface area contributed by atoms with E-state index in [1.54, 1.807) is 24.3 Å². The van der Waals surface area contributed by atoms with Crippen molar-refractivity contribution in [3.8, 4) is 5.75 Å². The molecule has 0 amide bonds. The van der Waals surface area contributed by atoms with E-state index in [0.29, 0.717) is 30.0 Å². The molecule has 11 heteroatoms. The van der Waals surface area contributed by atoms with Crippen LogP contribution in [0.4, 0.5) is 0 Å².